The van der Waals surface area contributed by atoms with Crippen molar-refractivity contribution in [2.24, 2.45) is 4.99 Å². The molecule has 156 valence electrons. The second-order valence-electron chi connectivity index (χ2n) is 7.63. The highest BCUT2D eigenvalue weighted by molar-refractivity contribution is 7.89. The van der Waals surface area contributed by atoms with Gasteiger partial charge < -0.3 is 15.0 Å². The first kappa shape index (κ1) is 21.1. The van der Waals surface area contributed by atoms with E-state index in [1.54, 1.807) is 4.31 Å². The summed E-state index contributed by atoms with van der Waals surface area (Å²) in [4.78, 5) is 6.88. The van der Waals surface area contributed by atoms with Crippen LogP contribution in [-0.4, -0.2) is 74.3 Å². The van der Waals surface area contributed by atoms with E-state index in [0.717, 1.165) is 37.6 Å². The molecule has 2 fully saturated rings. The van der Waals surface area contributed by atoms with Gasteiger partial charge in [0.25, 0.3) is 0 Å². The molecular formula is C20H32N4O3S. The van der Waals surface area contributed by atoms with Gasteiger partial charge in [-0.05, 0) is 45.2 Å². The van der Waals surface area contributed by atoms with Crippen LogP contribution in [0, 0.1) is 0 Å². The Morgan fingerprint density at radius 3 is 2.39 bits per heavy atom. The Bertz CT molecular complexity index is 738. The molecule has 0 saturated carbocycles. The maximum Gasteiger partial charge on any atom is 0.216 e. The van der Waals surface area contributed by atoms with Gasteiger partial charge in [0.15, 0.2) is 5.96 Å². The van der Waals surface area contributed by atoms with Crippen LogP contribution in [0.15, 0.2) is 35.3 Å². The number of benzene rings is 1. The summed E-state index contributed by atoms with van der Waals surface area (Å²) in [5, 5.41) is 3.38. The highest BCUT2D eigenvalue weighted by atomic mass is 32.2. The quantitative estimate of drug-likeness (QED) is 0.598. The molecule has 2 unspecified atom stereocenters. The summed E-state index contributed by atoms with van der Waals surface area (Å²) in [6.45, 7) is 6.79. The number of ether oxygens (including phenoxy) is 1. The summed E-state index contributed by atoms with van der Waals surface area (Å²) in [5.74, 6) is 0.782. The summed E-state index contributed by atoms with van der Waals surface area (Å²) in [6.07, 6.45) is 3.35. The van der Waals surface area contributed by atoms with Gasteiger partial charge in [-0.1, -0.05) is 18.2 Å². The SMILES string of the molecule is CC1CN(S(=O)(=O)CCN=C(Nc2ccccc2)N2CCCCC2)CC(C)O1. The molecule has 0 amide bonds. The number of morpholine rings is 1. The molecule has 1 aromatic rings. The van der Waals surface area contributed by atoms with Crippen LogP contribution in [0.3, 0.4) is 0 Å². The number of anilines is 1. The molecule has 0 spiro atoms. The first-order valence-electron chi connectivity index (χ1n) is 10.2. The number of hydrogen-bond donors (Lipinski definition) is 1. The van der Waals surface area contributed by atoms with Crippen LogP contribution < -0.4 is 5.32 Å². The topological polar surface area (TPSA) is 74.2 Å². The third kappa shape index (κ3) is 5.93. The van der Waals surface area contributed by atoms with Gasteiger partial charge >= 0.3 is 0 Å². The smallest absolute Gasteiger partial charge is 0.216 e. The number of sulfonamides is 1. The zero-order valence-corrected chi connectivity index (χ0v) is 17.7. The van der Waals surface area contributed by atoms with Crippen molar-refractivity contribution in [1.82, 2.24) is 9.21 Å². The summed E-state index contributed by atoms with van der Waals surface area (Å²) < 4.78 is 32.7. The van der Waals surface area contributed by atoms with Gasteiger partial charge in [0.2, 0.25) is 10.0 Å². The molecule has 0 aliphatic carbocycles. The van der Waals surface area contributed by atoms with Gasteiger partial charge in [0.1, 0.15) is 0 Å². The van der Waals surface area contributed by atoms with Crippen molar-refractivity contribution in [2.75, 3.05) is 43.8 Å². The monoisotopic (exact) mass is 408 g/mol. The number of aliphatic imine (C=N–C) groups is 1. The van der Waals surface area contributed by atoms with Crippen molar-refractivity contribution in [2.45, 2.75) is 45.3 Å². The van der Waals surface area contributed by atoms with Crippen molar-refractivity contribution in [1.29, 1.82) is 0 Å². The van der Waals surface area contributed by atoms with Crippen molar-refractivity contribution in [3.8, 4) is 0 Å². The Kier molecular flexibility index (Phi) is 7.31. The molecule has 2 aliphatic heterocycles. The van der Waals surface area contributed by atoms with Crippen LogP contribution >= 0.6 is 0 Å². The van der Waals surface area contributed by atoms with E-state index in [0.29, 0.717) is 13.1 Å². The molecule has 0 aromatic heterocycles. The molecule has 3 rings (SSSR count). The third-order valence-electron chi connectivity index (χ3n) is 5.08. The molecule has 2 aliphatic rings. The maximum atomic E-state index is 12.8. The van der Waals surface area contributed by atoms with Crippen LogP contribution in [0.4, 0.5) is 5.69 Å². The van der Waals surface area contributed by atoms with Crippen LogP contribution in [0.5, 0.6) is 0 Å². The minimum absolute atomic E-state index is 0.0141. The van der Waals surface area contributed by atoms with Gasteiger partial charge in [-0.3, -0.25) is 4.99 Å². The number of nitrogens with zero attached hydrogens (tertiary/aromatic N) is 3. The largest absolute Gasteiger partial charge is 0.373 e. The van der Waals surface area contributed by atoms with Gasteiger partial charge in [0.05, 0.1) is 24.5 Å². The lowest BCUT2D eigenvalue weighted by Gasteiger charge is -2.34. The zero-order valence-electron chi connectivity index (χ0n) is 16.9. The van der Waals surface area contributed by atoms with Gasteiger partial charge in [-0.2, -0.15) is 4.31 Å². The van der Waals surface area contributed by atoms with E-state index in [4.69, 9.17) is 4.74 Å². The van der Waals surface area contributed by atoms with E-state index >= 15 is 0 Å². The van der Waals surface area contributed by atoms with Gasteiger partial charge in [-0.15, -0.1) is 0 Å². The average Bonchev–Trinajstić information content (AvgIpc) is 2.68. The third-order valence-corrected chi connectivity index (χ3v) is 6.86. The molecule has 0 radical (unpaired) electrons. The van der Waals surface area contributed by atoms with Crippen LogP contribution in [-0.2, 0) is 14.8 Å². The number of guanidine groups is 1. The molecule has 2 saturated heterocycles. The summed E-state index contributed by atoms with van der Waals surface area (Å²) >= 11 is 0. The highest BCUT2D eigenvalue weighted by Crippen LogP contribution is 2.16. The first-order chi connectivity index (χ1) is 13.4. The number of para-hydroxylation sites is 1. The second-order valence-corrected chi connectivity index (χ2v) is 9.72. The summed E-state index contributed by atoms with van der Waals surface area (Å²) in [6, 6.07) is 9.90. The molecular weight excluding hydrogens is 376 g/mol. The Hall–Kier alpha value is -1.64. The van der Waals surface area contributed by atoms with E-state index in [9.17, 15) is 8.42 Å². The lowest BCUT2D eigenvalue weighted by atomic mass is 10.1. The fourth-order valence-electron chi connectivity index (χ4n) is 3.73. The first-order valence-corrected chi connectivity index (χ1v) is 11.8. The Morgan fingerprint density at radius 2 is 1.75 bits per heavy atom. The maximum absolute atomic E-state index is 12.8. The molecule has 8 heteroatoms. The zero-order chi connectivity index (χ0) is 20.0. The summed E-state index contributed by atoms with van der Waals surface area (Å²) in [7, 11) is -3.35. The molecule has 0 bridgehead atoms. The summed E-state index contributed by atoms with van der Waals surface area (Å²) in [5.41, 5.74) is 0.963. The number of nitrogens with one attached hydrogen (secondary N) is 1. The highest BCUT2D eigenvalue weighted by Gasteiger charge is 2.30. The Labute approximate surface area is 168 Å². The Morgan fingerprint density at radius 1 is 1.11 bits per heavy atom. The van der Waals surface area contributed by atoms with Crippen molar-refractivity contribution in [3.05, 3.63) is 30.3 Å². The minimum atomic E-state index is -3.35. The predicted molar refractivity (Wildman–Crippen MR) is 113 cm³/mol. The normalized spacial score (nSPS) is 24.9. The molecule has 28 heavy (non-hydrogen) atoms. The van der Waals surface area contributed by atoms with E-state index in [-0.39, 0.29) is 24.5 Å². The molecule has 1 N–H and O–H groups in total. The minimum Gasteiger partial charge on any atom is -0.373 e. The average molecular weight is 409 g/mol. The lowest BCUT2D eigenvalue weighted by molar-refractivity contribution is -0.0440. The van der Waals surface area contributed by atoms with E-state index < -0.39 is 10.0 Å². The number of likely N-dealkylation sites (tertiary alicyclic amines) is 1. The van der Waals surface area contributed by atoms with E-state index in [1.807, 2.05) is 44.2 Å². The fourth-order valence-corrected chi connectivity index (χ4v) is 5.18. The molecule has 1 aromatic carbocycles. The standard InChI is InChI=1S/C20H32N4O3S/c1-17-15-24(16-18(2)27-17)28(25,26)14-11-21-20(23-12-7-4-8-13-23)22-19-9-5-3-6-10-19/h3,5-6,9-10,17-18H,4,7-8,11-16H2,1-2H3,(H,21,22). The predicted octanol–water partition coefficient (Wildman–Crippen LogP) is 2.38. The number of hydrogen-bond acceptors (Lipinski definition) is 4. The van der Waals surface area contributed by atoms with Crippen molar-refractivity contribution in [3.63, 3.8) is 0 Å². The van der Waals surface area contributed by atoms with E-state index in [2.05, 4.69) is 15.2 Å². The van der Waals surface area contributed by atoms with Gasteiger partial charge in [0, 0.05) is 31.9 Å². The molecule has 2 heterocycles. The van der Waals surface area contributed by atoms with Crippen LogP contribution in [0.2, 0.25) is 0 Å². The lowest BCUT2D eigenvalue weighted by Crippen LogP contribution is -2.49. The number of piperidine rings is 1. The second kappa shape index (κ2) is 9.71. The fraction of sp³-hybridized carbons (Fsp3) is 0.650. The van der Waals surface area contributed by atoms with Crippen molar-refractivity contribution < 1.29 is 13.2 Å². The van der Waals surface area contributed by atoms with Crippen LogP contribution in [0.25, 0.3) is 0 Å². The van der Waals surface area contributed by atoms with Crippen LogP contribution in [0.1, 0.15) is 33.1 Å². The Balaban J connectivity index is 1.66. The molecule has 7 nitrogen and oxygen atoms in total. The van der Waals surface area contributed by atoms with Gasteiger partial charge in [-0.25, -0.2) is 8.42 Å². The van der Waals surface area contributed by atoms with E-state index in [1.165, 1.54) is 6.42 Å². The number of rotatable bonds is 5. The molecule has 2 atom stereocenters. The van der Waals surface area contributed by atoms with Crippen molar-refractivity contribution >= 4 is 21.7 Å².